The molecule has 21 heavy (non-hydrogen) atoms. The molecular formula is C15H15ClN2O3. The Balaban J connectivity index is 2.68. The minimum Gasteiger partial charge on any atom is -0.494 e. The van der Waals surface area contributed by atoms with Crippen molar-refractivity contribution in [3.63, 3.8) is 0 Å². The molecule has 0 radical (unpaired) electrons. The molecule has 0 aromatic carbocycles. The lowest BCUT2D eigenvalue weighted by Gasteiger charge is -2.12. The van der Waals surface area contributed by atoms with Gasteiger partial charge in [-0.15, -0.1) is 0 Å². The fraction of sp³-hybridized carbons (Fsp3) is 0.267. The molecule has 2 aromatic rings. The summed E-state index contributed by atoms with van der Waals surface area (Å²) < 4.78 is 10.1. The molecular weight excluding hydrogens is 292 g/mol. The van der Waals surface area contributed by atoms with E-state index in [1.54, 1.807) is 18.3 Å². The van der Waals surface area contributed by atoms with Gasteiger partial charge in [0.2, 0.25) is 0 Å². The summed E-state index contributed by atoms with van der Waals surface area (Å²) in [5.74, 6) is 0.0766. The van der Waals surface area contributed by atoms with Crippen molar-refractivity contribution in [3.8, 4) is 16.9 Å². The molecule has 0 aliphatic rings. The topological polar surface area (TPSA) is 61.3 Å². The van der Waals surface area contributed by atoms with E-state index in [0.717, 1.165) is 12.1 Å². The van der Waals surface area contributed by atoms with E-state index in [2.05, 4.69) is 9.97 Å². The number of pyridine rings is 2. The van der Waals surface area contributed by atoms with Crippen LogP contribution in [0.15, 0.2) is 24.5 Å². The zero-order valence-corrected chi connectivity index (χ0v) is 12.8. The summed E-state index contributed by atoms with van der Waals surface area (Å²) in [6, 6.07) is 3.35. The van der Waals surface area contributed by atoms with Crippen molar-refractivity contribution >= 4 is 17.6 Å². The Kier molecular flexibility index (Phi) is 4.75. The minimum absolute atomic E-state index is 0.307. The van der Waals surface area contributed by atoms with E-state index in [9.17, 15) is 4.79 Å². The van der Waals surface area contributed by atoms with Crippen LogP contribution in [0.3, 0.4) is 0 Å². The van der Waals surface area contributed by atoms with E-state index in [4.69, 9.17) is 21.1 Å². The fourth-order valence-electron chi connectivity index (χ4n) is 1.98. The highest BCUT2D eigenvalue weighted by Gasteiger charge is 2.18. The van der Waals surface area contributed by atoms with Gasteiger partial charge in [0.1, 0.15) is 10.9 Å². The SMILES string of the molecule is CCc1cc(C(=O)OC)c(-c2cc(Cl)ncc2OC)cn1. The molecule has 0 unspecified atom stereocenters. The molecule has 0 aliphatic heterocycles. The molecule has 0 amide bonds. The zero-order valence-electron chi connectivity index (χ0n) is 12.0. The fourth-order valence-corrected chi connectivity index (χ4v) is 2.13. The van der Waals surface area contributed by atoms with Gasteiger partial charge in [-0.1, -0.05) is 18.5 Å². The average molecular weight is 307 g/mol. The molecule has 0 fully saturated rings. The van der Waals surface area contributed by atoms with Crippen LogP contribution in [-0.4, -0.2) is 30.2 Å². The van der Waals surface area contributed by atoms with Crippen LogP contribution in [0.25, 0.3) is 11.1 Å². The third-order valence-corrected chi connectivity index (χ3v) is 3.28. The molecule has 5 nitrogen and oxygen atoms in total. The Morgan fingerprint density at radius 2 is 1.95 bits per heavy atom. The van der Waals surface area contributed by atoms with Gasteiger partial charge in [-0.2, -0.15) is 0 Å². The second-order valence-corrected chi connectivity index (χ2v) is 4.66. The standard InChI is InChI=1S/C15H15ClN2O3/c1-4-9-5-11(15(19)21-3)12(7-17-9)10-6-14(16)18-8-13(10)20-2/h5-8H,4H2,1-3H3. The summed E-state index contributed by atoms with van der Waals surface area (Å²) >= 11 is 5.94. The summed E-state index contributed by atoms with van der Waals surface area (Å²) in [6.45, 7) is 1.97. The first-order valence-electron chi connectivity index (χ1n) is 6.37. The van der Waals surface area contributed by atoms with Crippen LogP contribution in [0.5, 0.6) is 5.75 Å². The van der Waals surface area contributed by atoms with Crippen LogP contribution < -0.4 is 4.74 Å². The summed E-state index contributed by atoms with van der Waals surface area (Å²) in [4.78, 5) is 20.3. The van der Waals surface area contributed by atoms with Gasteiger partial charge in [0.15, 0.2) is 0 Å². The van der Waals surface area contributed by atoms with Crippen LogP contribution >= 0.6 is 11.6 Å². The molecule has 0 atom stereocenters. The molecule has 0 spiro atoms. The molecule has 2 heterocycles. The third-order valence-electron chi connectivity index (χ3n) is 3.07. The Labute approximate surface area is 127 Å². The van der Waals surface area contributed by atoms with Crippen LogP contribution in [0.1, 0.15) is 23.0 Å². The maximum atomic E-state index is 12.0. The van der Waals surface area contributed by atoms with Crippen LogP contribution in [0.4, 0.5) is 0 Å². The molecule has 0 aliphatic carbocycles. The first-order valence-corrected chi connectivity index (χ1v) is 6.75. The predicted octanol–water partition coefficient (Wildman–Crippen LogP) is 3.15. The van der Waals surface area contributed by atoms with E-state index in [1.807, 2.05) is 6.92 Å². The van der Waals surface area contributed by atoms with Crippen LogP contribution in [-0.2, 0) is 11.2 Å². The van der Waals surface area contributed by atoms with Gasteiger partial charge in [0.25, 0.3) is 0 Å². The number of hydrogen-bond donors (Lipinski definition) is 0. The van der Waals surface area contributed by atoms with E-state index < -0.39 is 5.97 Å². The quantitative estimate of drug-likeness (QED) is 0.641. The van der Waals surface area contributed by atoms with Crippen molar-refractivity contribution in [2.75, 3.05) is 14.2 Å². The molecule has 2 rings (SSSR count). The lowest BCUT2D eigenvalue weighted by atomic mass is 10.0. The van der Waals surface area contributed by atoms with E-state index in [-0.39, 0.29) is 0 Å². The van der Waals surface area contributed by atoms with E-state index >= 15 is 0 Å². The van der Waals surface area contributed by atoms with Crippen molar-refractivity contribution in [2.45, 2.75) is 13.3 Å². The van der Waals surface area contributed by atoms with Crippen LogP contribution in [0, 0.1) is 0 Å². The van der Waals surface area contributed by atoms with Crippen LogP contribution in [0.2, 0.25) is 5.15 Å². The number of rotatable bonds is 4. The number of aryl methyl sites for hydroxylation is 1. The van der Waals surface area contributed by atoms with Gasteiger partial charge < -0.3 is 9.47 Å². The van der Waals surface area contributed by atoms with Crippen molar-refractivity contribution in [3.05, 3.63) is 40.9 Å². The first kappa shape index (κ1) is 15.3. The Morgan fingerprint density at radius 3 is 2.57 bits per heavy atom. The lowest BCUT2D eigenvalue weighted by molar-refractivity contribution is 0.0601. The highest BCUT2D eigenvalue weighted by Crippen LogP contribution is 2.33. The van der Waals surface area contributed by atoms with E-state index in [1.165, 1.54) is 20.4 Å². The van der Waals surface area contributed by atoms with Gasteiger partial charge in [-0.25, -0.2) is 9.78 Å². The van der Waals surface area contributed by atoms with Crippen molar-refractivity contribution in [1.82, 2.24) is 9.97 Å². The van der Waals surface area contributed by atoms with Gasteiger partial charge >= 0.3 is 5.97 Å². The predicted molar refractivity (Wildman–Crippen MR) is 79.7 cm³/mol. The minimum atomic E-state index is -0.433. The highest BCUT2D eigenvalue weighted by atomic mass is 35.5. The van der Waals surface area contributed by atoms with Gasteiger partial charge in [-0.05, 0) is 18.6 Å². The summed E-state index contributed by atoms with van der Waals surface area (Å²) in [7, 11) is 2.87. The Hall–Kier alpha value is -2.14. The number of carbonyl (C=O) groups is 1. The highest BCUT2D eigenvalue weighted by molar-refractivity contribution is 6.29. The summed E-state index contributed by atoms with van der Waals surface area (Å²) in [5.41, 5.74) is 2.47. The van der Waals surface area contributed by atoms with Crippen molar-refractivity contribution in [2.24, 2.45) is 0 Å². The third kappa shape index (κ3) is 3.13. The number of halogens is 1. The molecule has 0 bridgehead atoms. The lowest BCUT2D eigenvalue weighted by Crippen LogP contribution is -2.06. The normalized spacial score (nSPS) is 10.3. The largest absolute Gasteiger partial charge is 0.494 e. The number of nitrogens with zero attached hydrogens (tertiary/aromatic N) is 2. The average Bonchev–Trinajstić information content (AvgIpc) is 2.53. The monoisotopic (exact) mass is 306 g/mol. The van der Waals surface area contributed by atoms with Gasteiger partial charge in [0.05, 0.1) is 26.0 Å². The zero-order chi connectivity index (χ0) is 15.4. The summed E-state index contributed by atoms with van der Waals surface area (Å²) in [5, 5.41) is 0.307. The molecule has 0 N–H and O–H groups in total. The number of aromatic nitrogens is 2. The smallest absolute Gasteiger partial charge is 0.338 e. The Morgan fingerprint density at radius 1 is 1.19 bits per heavy atom. The van der Waals surface area contributed by atoms with E-state index in [0.29, 0.717) is 27.6 Å². The van der Waals surface area contributed by atoms with Crippen molar-refractivity contribution in [1.29, 1.82) is 0 Å². The summed E-state index contributed by atoms with van der Waals surface area (Å²) in [6.07, 6.45) is 3.85. The second kappa shape index (κ2) is 6.54. The Bertz CT molecular complexity index is 674. The number of methoxy groups -OCH3 is 2. The number of ether oxygens (including phenoxy) is 2. The first-order chi connectivity index (χ1) is 10.1. The van der Waals surface area contributed by atoms with Gasteiger partial charge in [0, 0.05) is 23.0 Å². The maximum absolute atomic E-state index is 12.0. The molecule has 0 saturated carbocycles. The molecule has 110 valence electrons. The molecule has 0 saturated heterocycles. The number of esters is 1. The number of hydrogen-bond acceptors (Lipinski definition) is 5. The number of carbonyl (C=O) groups excluding carboxylic acids is 1. The molecule has 2 aromatic heterocycles. The second-order valence-electron chi connectivity index (χ2n) is 4.27. The van der Waals surface area contributed by atoms with Crippen molar-refractivity contribution < 1.29 is 14.3 Å². The van der Waals surface area contributed by atoms with Gasteiger partial charge in [-0.3, -0.25) is 4.98 Å². The maximum Gasteiger partial charge on any atom is 0.338 e. The molecule has 6 heteroatoms.